The number of benzene rings is 3. The lowest BCUT2D eigenvalue weighted by atomic mass is 10.0. The van der Waals surface area contributed by atoms with Gasteiger partial charge in [0.2, 0.25) is 29.5 Å². The second kappa shape index (κ2) is 18.1. The zero-order valence-corrected chi connectivity index (χ0v) is 28.0. The SMILES string of the molecule is NC(=O)C[C@H](N)C(=O)N[C@@H](Cc1ccccc1)C(=O)N[C@@H](Cc1ccc(O)cc1)C(=O)N[C@@H](Cc1c[nH]c2ccccc12)C(=O)N[C@@H](CO)C(=O)O. The second-order valence-corrected chi connectivity index (χ2v) is 12.2. The number of aromatic nitrogens is 1. The Morgan fingerprint density at radius 2 is 1.15 bits per heavy atom. The van der Waals surface area contributed by atoms with Crippen molar-refractivity contribution in [3.63, 3.8) is 0 Å². The topological polar surface area (TPSA) is 279 Å². The largest absolute Gasteiger partial charge is 0.508 e. The molecule has 0 fully saturated rings. The minimum Gasteiger partial charge on any atom is -0.508 e. The van der Waals surface area contributed by atoms with Gasteiger partial charge in [-0.1, -0.05) is 60.7 Å². The summed E-state index contributed by atoms with van der Waals surface area (Å²) in [6, 6.07) is 14.7. The first-order valence-corrected chi connectivity index (χ1v) is 16.3. The molecule has 5 amide bonds. The number of aromatic hydroxyl groups is 1. The van der Waals surface area contributed by atoms with Crippen LogP contribution in [0.4, 0.5) is 0 Å². The van der Waals surface area contributed by atoms with Gasteiger partial charge in [-0.15, -0.1) is 0 Å². The van der Waals surface area contributed by atoms with E-state index in [-0.39, 0.29) is 25.0 Å². The summed E-state index contributed by atoms with van der Waals surface area (Å²) in [6.45, 7) is -0.911. The fourth-order valence-corrected chi connectivity index (χ4v) is 5.46. The van der Waals surface area contributed by atoms with Crippen LogP contribution in [0, 0.1) is 0 Å². The molecular weight excluding hydrogens is 674 g/mol. The Balaban J connectivity index is 1.65. The van der Waals surface area contributed by atoms with E-state index in [2.05, 4.69) is 26.3 Å². The van der Waals surface area contributed by atoms with E-state index < -0.39 is 78.7 Å². The van der Waals surface area contributed by atoms with Gasteiger partial charge >= 0.3 is 5.97 Å². The first kappa shape index (κ1) is 38.5. The van der Waals surface area contributed by atoms with Crippen molar-refractivity contribution < 1.29 is 44.1 Å². The number of nitrogens with one attached hydrogen (secondary N) is 5. The highest BCUT2D eigenvalue weighted by molar-refractivity contribution is 5.96. The molecule has 3 aromatic carbocycles. The summed E-state index contributed by atoms with van der Waals surface area (Å²) >= 11 is 0. The Morgan fingerprint density at radius 3 is 1.71 bits per heavy atom. The predicted octanol–water partition coefficient (Wildman–Crippen LogP) is -0.880. The molecule has 4 aromatic rings. The van der Waals surface area contributed by atoms with Crippen LogP contribution in [-0.2, 0) is 48.0 Å². The van der Waals surface area contributed by atoms with Gasteiger partial charge in [0.1, 0.15) is 29.9 Å². The second-order valence-electron chi connectivity index (χ2n) is 12.2. The number of phenols is 1. The summed E-state index contributed by atoms with van der Waals surface area (Å²) < 4.78 is 0. The van der Waals surface area contributed by atoms with Crippen molar-refractivity contribution in [2.24, 2.45) is 11.5 Å². The Kier molecular flexibility index (Phi) is 13.4. The standard InChI is InChI=1S/C36H41N7O9/c37-25(17-31(38)46)32(47)40-27(14-20-6-2-1-3-7-20)33(48)41-28(15-21-10-12-23(45)13-11-21)34(49)42-29(35(50)43-30(19-44)36(51)52)16-22-18-39-26-9-5-4-8-24(22)26/h1-13,18,25,27-30,39,44-45H,14-17,19,37H2,(H2,38,46)(H,40,47)(H,41,48)(H,42,49)(H,43,50)(H,51,52)/t25-,27-,28-,29-,30-/m0/s1. The molecule has 16 heteroatoms. The number of aromatic amines is 1. The van der Waals surface area contributed by atoms with E-state index in [9.17, 15) is 44.1 Å². The number of primary amides is 1. The van der Waals surface area contributed by atoms with Crippen LogP contribution >= 0.6 is 0 Å². The molecule has 0 aliphatic heterocycles. The van der Waals surface area contributed by atoms with Gasteiger partial charge in [0.15, 0.2) is 0 Å². The maximum Gasteiger partial charge on any atom is 0.328 e. The molecule has 4 rings (SSSR count). The molecule has 0 saturated carbocycles. The number of hydrogen-bond donors (Lipinski definition) is 10. The van der Waals surface area contributed by atoms with Crippen molar-refractivity contribution >= 4 is 46.4 Å². The van der Waals surface area contributed by atoms with E-state index in [1.54, 1.807) is 48.7 Å². The monoisotopic (exact) mass is 715 g/mol. The number of fused-ring (bicyclic) bond motifs is 1. The first-order valence-electron chi connectivity index (χ1n) is 16.3. The Bertz CT molecular complexity index is 1880. The molecule has 0 saturated heterocycles. The van der Waals surface area contributed by atoms with Gasteiger partial charge in [0.25, 0.3) is 0 Å². The smallest absolute Gasteiger partial charge is 0.328 e. The molecule has 1 heterocycles. The van der Waals surface area contributed by atoms with Crippen LogP contribution in [0.1, 0.15) is 23.1 Å². The molecule has 0 aliphatic rings. The summed E-state index contributed by atoms with van der Waals surface area (Å²) in [5.74, 6) is -5.74. The third-order valence-electron chi connectivity index (χ3n) is 8.21. The number of hydrogen-bond acceptors (Lipinski definition) is 9. The Hall–Kier alpha value is -6.26. The number of nitrogens with two attached hydrogens (primary N) is 2. The molecule has 5 atom stereocenters. The Labute approximate surface area is 298 Å². The van der Waals surface area contributed by atoms with Gasteiger partial charge in [-0.05, 0) is 34.9 Å². The van der Waals surface area contributed by atoms with Crippen molar-refractivity contribution in [1.29, 1.82) is 0 Å². The maximum absolute atomic E-state index is 14.1. The molecule has 1 aromatic heterocycles. The van der Waals surface area contributed by atoms with Gasteiger partial charge in [-0.25, -0.2) is 4.79 Å². The lowest BCUT2D eigenvalue weighted by Crippen LogP contribution is -2.60. The van der Waals surface area contributed by atoms with Crippen LogP contribution in [0.25, 0.3) is 10.9 Å². The van der Waals surface area contributed by atoms with E-state index >= 15 is 0 Å². The summed E-state index contributed by atoms with van der Waals surface area (Å²) in [7, 11) is 0. The predicted molar refractivity (Wildman–Crippen MR) is 188 cm³/mol. The number of H-pyrrole nitrogens is 1. The van der Waals surface area contributed by atoms with E-state index in [0.717, 1.165) is 10.9 Å². The molecule has 0 aliphatic carbocycles. The van der Waals surface area contributed by atoms with Gasteiger partial charge in [-0.3, -0.25) is 24.0 Å². The number of phenolic OH excluding ortho intramolecular Hbond substituents is 1. The average molecular weight is 716 g/mol. The average Bonchev–Trinajstić information content (AvgIpc) is 3.52. The van der Waals surface area contributed by atoms with Gasteiger partial charge in [0, 0.05) is 36.4 Å². The number of carbonyl (C=O) groups is 6. The van der Waals surface area contributed by atoms with Crippen LogP contribution in [0.15, 0.2) is 85.1 Å². The molecule has 16 nitrogen and oxygen atoms in total. The molecule has 274 valence electrons. The third-order valence-corrected chi connectivity index (χ3v) is 8.21. The summed E-state index contributed by atoms with van der Waals surface area (Å²) in [5, 5.41) is 39.6. The zero-order valence-electron chi connectivity index (χ0n) is 28.0. The molecule has 0 radical (unpaired) electrons. The highest BCUT2D eigenvalue weighted by Crippen LogP contribution is 2.20. The van der Waals surface area contributed by atoms with E-state index in [1.165, 1.54) is 24.3 Å². The molecule has 0 spiro atoms. The number of aliphatic carboxylic acids is 1. The van der Waals surface area contributed by atoms with Crippen LogP contribution in [0.5, 0.6) is 5.75 Å². The minimum atomic E-state index is -1.66. The molecule has 0 bridgehead atoms. The maximum atomic E-state index is 14.1. The third kappa shape index (κ3) is 10.9. The zero-order chi connectivity index (χ0) is 37.8. The number of rotatable bonds is 18. The number of para-hydroxylation sites is 1. The highest BCUT2D eigenvalue weighted by Gasteiger charge is 2.33. The normalized spacial score (nSPS) is 13.9. The number of carbonyl (C=O) groups excluding carboxylic acids is 5. The molecule has 0 unspecified atom stereocenters. The van der Waals surface area contributed by atoms with Crippen molar-refractivity contribution in [2.75, 3.05) is 6.61 Å². The quantitative estimate of drug-likeness (QED) is 0.0607. The van der Waals surface area contributed by atoms with E-state index in [1.807, 2.05) is 12.1 Å². The first-order chi connectivity index (χ1) is 24.8. The van der Waals surface area contributed by atoms with Gasteiger partial charge in [-0.2, -0.15) is 0 Å². The number of aliphatic hydroxyl groups excluding tert-OH is 1. The van der Waals surface area contributed by atoms with Crippen LogP contribution < -0.4 is 32.7 Å². The van der Waals surface area contributed by atoms with E-state index in [4.69, 9.17) is 11.5 Å². The summed E-state index contributed by atoms with van der Waals surface area (Å²) in [4.78, 5) is 80.6. The van der Waals surface area contributed by atoms with E-state index in [0.29, 0.717) is 16.7 Å². The number of carboxylic acid groups (broad SMARTS) is 1. The number of aliphatic hydroxyl groups is 1. The van der Waals surface area contributed by atoms with Crippen LogP contribution in [-0.4, -0.2) is 92.6 Å². The van der Waals surface area contributed by atoms with Crippen LogP contribution in [0.3, 0.4) is 0 Å². The minimum absolute atomic E-state index is 0.0292. The molecule has 52 heavy (non-hydrogen) atoms. The molecule has 12 N–H and O–H groups in total. The van der Waals surface area contributed by atoms with Crippen molar-refractivity contribution in [3.05, 3.63) is 102 Å². The fourth-order valence-electron chi connectivity index (χ4n) is 5.46. The highest BCUT2D eigenvalue weighted by atomic mass is 16.4. The fraction of sp³-hybridized carbons (Fsp3) is 0.278. The van der Waals surface area contributed by atoms with Crippen molar-refractivity contribution in [1.82, 2.24) is 26.3 Å². The summed E-state index contributed by atoms with van der Waals surface area (Å²) in [5.41, 5.74) is 13.6. The lowest BCUT2D eigenvalue weighted by Gasteiger charge is -2.26. The van der Waals surface area contributed by atoms with Crippen molar-refractivity contribution in [3.8, 4) is 5.75 Å². The van der Waals surface area contributed by atoms with Crippen LogP contribution in [0.2, 0.25) is 0 Å². The van der Waals surface area contributed by atoms with Crippen molar-refractivity contribution in [2.45, 2.75) is 55.9 Å². The van der Waals surface area contributed by atoms with Gasteiger partial charge in [0.05, 0.1) is 19.1 Å². The number of amides is 5. The lowest BCUT2D eigenvalue weighted by molar-refractivity contribution is -0.143. The Morgan fingerprint density at radius 1 is 0.654 bits per heavy atom. The number of carboxylic acids is 1. The summed E-state index contributed by atoms with van der Waals surface area (Å²) in [6.07, 6.45) is 0.896. The van der Waals surface area contributed by atoms with Gasteiger partial charge < -0.3 is 53.0 Å². The molecular formula is C36H41N7O9.